The van der Waals surface area contributed by atoms with E-state index in [0.717, 1.165) is 12.8 Å². The molecule has 0 aliphatic carbocycles. The van der Waals surface area contributed by atoms with E-state index in [2.05, 4.69) is 4.98 Å². The van der Waals surface area contributed by atoms with Gasteiger partial charge in [0.1, 0.15) is 5.69 Å². The van der Waals surface area contributed by atoms with Gasteiger partial charge in [-0.15, -0.1) is 0 Å². The third-order valence-electron chi connectivity index (χ3n) is 3.07. The van der Waals surface area contributed by atoms with E-state index in [1.54, 1.807) is 18.3 Å². The summed E-state index contributed by atoms with van der Waals surface area (Å²) in [6.07, 6.45) is 3.34. The molecule has 1 aromatic rings. The van der Waals surface area contributed by atoms with E-state index in [1.807, 2.05) is 11.0 Å². The van der Waals surface area contributed by atoms with Gasteiger partial charge >= 0.3 is 0 Å². The van der Waals surface area contributed by atoms with Crippen LogP contribution in [0.4, 0.5) is 0 Å². The van der Waals surface area contributed by atoms with Crippen LogP contribution in [0.15, 0.2) is 24.4 Å². The van der Waals surface area contributed by atoms with Gasteiger partial charge in [-0.05, 0) is 25.0 Å². The summed E-state index contributed by atoms with van der Waals surface area (Å²) in [5.74, 6) is 0.268. The fraction of sp³-hybridized carbons (Fsp3) is 0.417. The third kappa shape index (κ3) is 2.79. The van der Waals surface area contributed by atoms with Crippen LogP contribution in [0.3, 0.4) is 0 Å². The zero-order valence-electron chi connectivity index (χ0n) is 9.50. The van der Waals surface area contributed by atoms with Crippen molar-refractivity contribution in [1.29, 1.82) is 0 Å². The Labute approximate surface area is 106 Å². The Hall–Kier alpha value is -1.49. The largest absolute Gasteiger partial charge is 0.393 e. The Bertz CT molecular complexity index is 413. The minimum atomic E-state index is -0.00742. The first-order chi connectivity index (χ1) is 8.18. The molecule has 1 saturated heterocycles. The minimum Gasteiger partial charge on any atom is -0.393 e. The van der Waals surface area contributed by atoms with E-state index >= 15 is 0 Å². The normalized spacial score (nSPS) is 16.8. The monoisotopic (exact) mass is 249 g/mol. The molecular weight excluding hydrogens is 234 g/mol. The lowest BCUT2D eigenvalue weighted by Crippen LogP contribution is -2.41. The Morgan fingerprint density at radius 2 is 2.12 bits per heavy atom. The zero-order chi connectivity index (χ0) is 12.3. The molecule has 5 heteroatoms. The van der Waals surface area contributed by atoms with E-state index in [0.29, 0.717) is 23.8 Å². The van der Waals surface area contributed by atoms with Crippen molar-refractivity contribution in [2.75, 3.05) is 13.1 Å². The summed E-state index contributed by atoms with van der Waals surface area (Å²) in [4.78, 5) is 18.5. The molecule has 1 aromatic heterocycles. The summed E-state index contributed by atoms with van der Waals surface area (Å²) in [6, 6.07) is 5.36. The van der Waals surface area contributed by atoms with Crippen LogP contribution in [-0.2, 0) is 0 Å². The Morgan fingerprint density at radius 3 is 2.65 bits per heavy atom. The van der Waals surface area contributed by atoms with Crippen molar-refractivity contribution < 1.29 is 4.79 Å². The molecule has 2 heterocycles. The smallest absolute Gasteiger partial charge is 0.272 e. The molecule has 17 heavy (non-hydrogen) atoms. The summed E-state index contributed by atoms with van der Waals surface area (Å²) in [5, 5.41) is 0. The molecular formula is C12H15N3OS. The third-order valence-corrected chi connectivity index (χ3v) is 3.40. The second-order valence-corrected chi connectivity index (χ2v) is 4.66. The second-order valence-electron chi connectivity index (χ2n) is 4.18. The molecule has 0 atom stereocenters. The number of nitrogens with two attached hydrogens (primary N) is 1. The summed E-state index contributed by atoms with van der Waals surface area (Å²) in [5.41, 5.74) is 6.12. The van der Waals surface area contributed by atoms with Crippen LogP contribution in [0.2, 0.25) is 0 Å². The van der Waals surface area contributed by atoms with Gasteiger partial charge in [0.25, 0.3) is 5.91 Å². The van der Waals surface area contributed by atoms with E-state index in [9.17, 15) is 4.79 Å². The number of hydrogen-bond donors (Lipinski definition) is 1. The average molecular weight is 249 g/mol. The van der Waals surface area contributed by atoms with Crippen LogP contribution < -0.4 is 5.73 Å². The molecule has 2 rings (SSSR count). The molecule has 2 N–H and O–H groups in total. The first-order valence-electron chi connectivity index (χ1n) is 5.68. The topological polar surface area (TPSA) is 59.2 Å². The molecule has 0 radical (unpaired) electrons. The fourth-order valence-electron chi connectivity index (χ4n) is 2.02. The minimum absolute atomic E-state index is 0.00742. The lowest BCUT2D eigenvalue weighted by Gasteiger charge is -2.31. The van der Waals surface area contributed by atoms with Crippen molar-refractivity contribution in [3.63, 3.8) is 0 Å². The Morgan fingerprint density at radius 1 is 1.41 bits per heavy atom. The fourth-order valence-corrected chi connectivity index (χ4v) is 2.25. The quantitative estimate of drug-likeness (QED) is 0.801. The van der Waals surface area contributed by atoms with E-state index in [-0.39, 0.29) is 11.8 Å². The number of piperidine rings is 1. The highest BCUT2D eigenvalue weighted by molar-refractivity contribution is 7.80. The van der Waals surface area contributed by atoms with Gasteiger partial charge < -0.3 is 10.6 Å². The van der Waals surface area contributed by atoms with Crippen LogP contribution in [0.25, 0.3) is 0 Å². The predicted molar refractivity (Wildman–Crippen MR) is 69.6 cm³/mol. The number of thiocarbonyl (C=S) groups is 1. The van der Waals surface area contributed by atoms with Gasteiger partial charge in [-0.1, -0.05) is 18.3 Å². The molecule has 1 fully saturated rings. The molecule has 0 spiro atoms. The van der Waals surface area contributed by atoms with Gasteiger partial charge in [0, 0.05) is 25.2 Å². The van der Waals surface area contributed by atoms with Crippen molar-refractivity contribution in [3.8, 4) is 0 Å². The van der Waals surface area contributed by atoms with Crippen LogP contribution in [0.5, 0.6) is 0 Å². The molecule has 90 valence electrons. The van der Waals surface area contributed by atoms with Crippen LogP contribution in [0.1, 0.15) is 23.3 Å². The maximum Gasteiger partial charge on any atom is 0.272 e. The van der Waals surface area contributed by atoms with Crippen molar-refractivity contribution in [1.82, 2.24) is 9.88 Å². The maximum atomic E-state index is 12.1. The van der Waals surface area contributed by atoms with Crippen LogP contribution in [-0.4, -0.2) is 33.9 Å². The van der Waals surface area contributed by atoms with Crippen LogP contribution >= 0.6 is 12.2 Å². The van der Waals surface area contributed by atoms with Crippen molar-refractivity contribution in [2.24, 2.45) is 11.7 Å². The Kier molecular flexibility index (Phi) is 3.68. The first-order valence-corrected chi connectivity index (χ1v) is 6.09. The highest BCUT2D eigenvalue weighted by atomic mass is 32.1. The van der Waals surface area contributed by atoms with Crippen LogP contribution in [0, 0.1) is 5.92 Å². The standard InChI is InChI=1S/C12H15N3OS/c13-11(17)9-4-7-15(8-5-9)12(16)10-3-1-2-6-14-10/h1-3,6,9H,4-5,7-8H2,(H2,13,17). The van der Waals surface area contributed by atoms with Gasteiger partial charge in [0.2, 0.25) is 0 Å². The molecule has 1 aliphatic heterocycles. The molecule has 0 saturated carbocycles. The number of rotatable bonds is 2. The van der Waals surface area contributed by atoms with Gasteiger partial charge in [-0.3, -0.25) is 9.78 Å². The number of hydrogen-bond acceptors (Lipinski definition) is 3. The molecule has 1 aliphatic rings. The molecule has 4 nitrogen and oxygen atoms in total. The van der Waals surface area contributed by atoms with Gasteiger partial charge in [-0.2, -0.15) is 0 Å². The second kappa shape index (κ2) is 5.23. The number of amides is 1. The predicted octanol–water partition coefficient (Wildman–Crippen LogP) is 1.22. The average Bonchev–Trinajstić information content (AvgIpc) is 2.39. The summed E-state index contributed by atoms with van der Waals surface area (Å²) in [6.45, 7) is 1.41. The van der Waals surface area contributed by atoms with Gasteiger partial charge in [0.05, 0.1) is 4.99 Å². The van der Waals surface area contributed by atoms with Crippen molar-refractivity contribution >= 4 is 23.1 Å². The summed E-state index contributed by atoms with van der Waals surface area (Å²) >= 11 is 4.98. The molecule has 0 aromatic carbocycles. The maximum absolute atomic E-state index is 12.1. The lowest BCUT2D eigenvalue weighted by atomic mass is 9.97. The lowest BCUT2D eigenvalue weighted by molar-refractivity contribution is 0.0704. The summed E-state index contributed by atoms with van der Waals surface area (Å²) in [7, 11) is 0. The highest BCUT2D eigenvalue weighted by Crippen LogP contribution is 2.18. The molecule has 1 amide bonds. The van der Waals surface area contributed by atoms with E-state index in [1.165, 1.54) is 0 Å². The Balaban J connectivity index is 1.98. The molecule has 0 bridgehead atoms. The number of likely N-dealkylation sites (tertiary alicyclic amines) is 1. The van der Waals surface area contributed by atoms with E-state index in [4.69, 9.17) is 18.0 Å². The number of carbonyl (C=O) groups is 1. The molecule has 0 unspecified atom stereocenters. The van der Waals surface area contributed by atoms with E-state index < -0.39 is 0 Å². The van der Waals surface area contributed by atoms with Gasteiger partial charge in [0.15, 0.2) is 0 Å². The van der Waals surface area contributed by atoms with Crippen molar-refractivity contribution in [3.05, 3.63) is 30.1 Å². The number of carbonyl (C=O) groups excluding carboxylic acids is 1. The van der Waals surface area contributed by atoms with Gasteiger partial charge in [-0.25, -0.2) is 0 Å². The summed E-state index contributed by atoms with van der Waals surface area (Å²) < 4.78 is 0. The zero-order valence-corrected chi connectivity index (χ0v) is 10.3. The number of nitrogens with zero attached hydrogens (tertiary/aromatic N) is 2. The number of aromatic nitrogens is 1. The first kappa shape index (κ1) is 12.0. The van der Waals surface area contributed by atoms with Crippen molar-refractivity contribution in [2.45, 2.75) is 12.8 Å². The highest BCUT2D eigenvalue weighted by Gasteiger charge is 2.25. The SMILES string of the molecule is NC(=S)C1CCN(C(=O)c2ccccn2)CC1. The number of pyridine rings is 1.